The molecule has 5 rings (SSSR count). The van der Waals surface area contributed by atoms with Gasteiger partial charge in [-0.15, -0.1) is 0 Å². The van der Waals surface area contributed by atoms with Crippen molar-refractivity contribution in [2.45, 2.75) is 56.4 Å². The van der Waals surface area contributed by atoms with Crippen LogP contribution in [0.15, 0.2) is 12.1 Å². The van der Waals surface area contributed by atoms with E-state index in [9.17, 15) is 18.8 Å². The van der Waals surface area contributed by atoms with Gasteiger partial charge in [-0.05, 0) is 43.4 Å². The van der Waals surface area contributed by atoms with Crippen LogP contribution in [0.5, 0.6) is 0 Å². The van der Waals surface area contributed by atoms with Gasteiger partial charge in [-0.25, -0.2) is 4.39 Å². The number of hydrogen-bond donors (Lipinski definition) is 2. The molecule has 4 aliphatic rings. The van der Waals surface area contributed by atoms with Gasteiger partial charge in [0.05, 0.1) is 11.6 Å². The van der Waals surface area contributed by atoms with Gasteiger partial charge in [0.2, 0.25) is 5.78 Å². The Morgan fingerprint density at radius 3 is 2.55 bits per heavy atom. The van der Waals surface area contributed by atoms with Crippen molar-refractivity contribution < 1.29 is 18.8 Å². The summed E-state index contributed by atoms with van der Waals surface area (Å²) in [4.78, 5) is 39.1. The zero-order valence-electron chi connectivity index (χ0n) is 16.2. The van der Waals surface area contributed by atoms with Crippen LogP contribution in [0.3, 0.4) is 0 Å². The third kappa shape index (κ3) is 3.24. The minimum Gasteiger partial charge on any atom is -0.368 e. The number of amides is 1. The molecule has 4 unspecified atom stereocenters. The highest BCUT2D eigenvalue weighted by atomic mass is 19.1. The smallest absolute Gasteiger partial charge is 0.257 e. The standard InChI is InChI=1S/C21H25FN4O3/c22-17-6-16(25-9-13-1-2-14(10-25)24-13)5-12-8-26(21(29)20(12)17)15-3-4-18(23-7-15)19(28)11-27/h5-6,11,13-15,18,23-24H,1-4,7-10H2. The summed E-state index contributed by atoms with van der Waals surface area (Å²) in [6.07, 6.45) is 3.77. The van der Waals surface area contributed by atoms with E-state index in [1.54, 1.807) is 4.90 Å². The average molecular weight is 400 g/mol. The molecule has 0 aliphatic carbocycles. The summed E-state index contributed by atoms with van der Waals surface area (Å²) in [6.45, 7) is 2.55. The van der Waals surface area contributed by atoms with Crippen molar-refractivity contribution in [1.82, 2.24) is 15.5 Å². The van der Waals surface area contributed by atoms with Crippen LogP contribution in [-0.2, 0) is 16.1 Å². The van der Waals surface area contributed by atoms with Gasteiger partial charge in [0.25, 0.3) is 5.91 Å². The molecule has 4 atom stereocenters. The highest BCUT2D eigenvalue weighted by molar-refractivity contribution is 6.27. The van der Waals surface area contributed by atoms with E-state index in [0.29, 0.717) is 44.3 Å². The van der Waals surface area contributed by atoms with Crippen molar-refractivity contribution in [3.8, 4) is 0 Å². The van der Waals surface area contributed by atoms with E-state index in [0.717, 1.165) is 37.2 Å². The number of halogens is 1. The molecule has 4 heterocycles. The molecule has 0 spiro atoms. The molecule has 0 radical (unpaired) electrons. The zero-order chi connectivity index (χ0) is 20.1. The normalized spacial score (nSPS) is 31.1. The monoisotopic (exact) mass is 400 g/mol. The highest BCUT2D eigenvalue weighted by Crippen LogP contribution is 2.34. The van der Waals surface area contributed by atoms with Crippen LogP contribution in [-0.4, -0.2) is 66.7 Å². The zero-order valence-corrected chi connectivity index (χ0v) is 16.2. The second-order valence-corrected chi connectivity index (χ2v) is 8.65. The van der Waals surface area contributed by atoms with Crippen LogP contribution >= 0.6 is 0 Å². The van der Waals surface area contributed by atoms with Gasteiger partial charge >= 0.3 is 0 Å². The summed E-state index contributed by atoms with van der Waals surface area (Å²) in [5, 5.41) is 6.63. The molecule has 8 heteroatoms. The maximum atomic E-state index is 14.9. The van der Waals surface area contributed by atoms with Crippen LogP contribution < -0.4 is 15.5 Å². The van der Waals surface area contributed by atoms with Gasteiger partial charge < -0.3 is 20.4 Å². The van der Waals surface area contributed by atoms with E-state index >= 15 is 0 Å². The molecule has 29 heavy (non-hydrogen) atoms. The molecule has 0 aromatic heterocycles. The lowest BCUT2D eigenvalue weighted by Crippen LogP contribution is -2.52. The number of nitrogens with zero attached hydrogens (tertiary/aromatic N) is 2. The Balaban J connectivity index is 1.32. The molecule has 4 aliphatic heterocycles. The third-order valence-electron chi connectivity index (χ3n) is 6.84. The maximum Gasteiger partial charge on any atom is 0.257 e. The molecule has 2 bridgehead atoms. The number of Topliss-reactive ketones (excluding diaryl/α,β-unsaturated/α-hetero) is 1. The SMILES string of the molecule is O=CC(=O)C1CCC(N2Cc3cc(N4CC5CCC(C4)N5)cc(F)c3C2=O)CN1. The van der Waals surface area contributed by atoms with Gasteiger partial charge in [-0.1, -0.05) is 0 Å². The maximum absolute atomic E-state index is 14.9. The van der Waals surface area contributed by atoms with Crippen molar-refractivity contribution in [1.29, 1.82) is 0 Å². The number of hydrogen-bond acceptors (Lipinski definition) is 6. The Kier molecular flexibility index (Phi) is 4.63. The number of aldehydes is 1. The molecule has 2 N–H and O–H groups in total. The Morgan fingerprint density at radius 2 is 1.90 bits per heavy atom. The first-order chi connectivity index (χ1) is 14.0. The summed E-state index contributed by atoms with van der Waals surface area (Å²) in [6, 6.07) is 3.80. The van der Waals surface area contributed by atoms with E-state index in [1.165, 1.54) is 6.07 Å². The van der Waals surface area contributed by atoms with Crippen molar-refractivity contribution in [2.75, 3.05) is 24.5 Å². The van der Waals surface area contributed by atoms with E-state index in [-0.39, 0.29) is 17.5 Å². The largest absolute Gasteiger partial charge is 0.368 e. The lowest BCUT2D eigenvalue weighted by molar-refractivity contribution is -0.131. The van der Waals surface area contributed by atoms with Gasteiger partial charge in [0.15, 0.2) is 6.29 Å². The molecule has 7 nitrogen and oxygen atoms in total. The van der Waals surface area contributed by atoms with Gasteiger partial charge in [0.1, 0.15) is 5.82 Å². The molecular weight excluding hydrogens is 375 g/mol. The van der Waals surface area contributed by atoms with E-state index in [4.69, 9.17) is 0 Å². The average Bonchev–Trinajstić information content (AvgIpc) is 3.26. The molecule has 3 fully saturated rings. The second-order valence-electron chi connectivity index (χ2n) is 8.65. The van der Waals surface area contributed by atoms with Crippen LogP contribution in [0.4, 0.5) is 10.1 Å². The van der Waals surface area contributed by atoms with Crippen LogP contribution in [0.25, 0.3) is 0 Å². The third-order valence-corrected chi connectivity index (χ3v) is 6.84. The lowest BCUT2D eigenvalue weighted by Gasteiger charge is -2.35. The number of fused-ring (bicyclic) bond motifs is 3. The summed E-state index contributed by atoms with van der Waals surface area (Å²) >= 11 is 0. The van der Waals surface area contributed by atoms with Crippen molar-refractivity contribution >= 4 is 23.7 Å². The Bertz CT molecular complexity index is 856. The number of piperidine rings is 1. The van der Waals surface area contributed by atoms with Crippen LogP contribution in [0, 0.1) is 5.82 Å². The minimum atomic E-state index is -0.477. The highest BCUT2D eigenvalue weighted by Gasteiger charge is 2.39. The number of anilines is 1. The number of carbonyl (C=O) groups is 3. The first-order valence-electron chi connectivity index (χ1n) is 10.4. The van der Waals surface area contributed by atoms with Crippen molar-refractivity contribution in [3.05, 3.63) is 29.1 Å². The number of ketones is 1. The van der Waals surface area contributed by atoms with E-state index < -0.39 is 17.6 Å². The summed E-state index contributed by atoms with van der Waals surface area (Å²) in [5.74, 6) is -1.19. The molecule has 1 aromatic rings. The Labute approximate surface area is 168 Å². The van der Waals surface area contributed by atoms with Crippen molar-refractivity contribution in [3.63, 3.8) is 0 Å². The quantitative estimate of drug-likeness (QED) is 0.569. The summed E-state index contributed by atoms with van der Waals surface area (Å²) in [7, 11) is 0. The summed E-state index contributed by atoms with van der Waals surface area (Å²) < 4.78 is 14.9. The van der Waals surface area contributed by atoms with E-state index in [1.807, 2.05) is 6.07 Å². The van der Waals surface area contributed by atoms with Gasteiger partial charge in [-0.2, -0.15) is 0 Å². The van der Waals surface area contributed by atoms with Crippen molar-refractivity contribution in [2.24, 2.45) is 0 Å². The number of nitrogens with one attached hydrogen (secondary N) is 2. The minimum absolute atomic E-state index is 0.108. The first kappa shape index (κ1) is 18.7. The molecular formula is C21H25FN4O3. The predicted molar refractivity (Wildman–Crippen MR) is 104 cm³/mol. The second kappa shape index (κ2) is 7.18. The van der Waals surface area contributed by atoms with Gasteiger partial charge in [0, 0.05) is 50.0 Å². The fraction of sp³-hybridized carbons (Fsp3) is 0.571. The number of rotatable bonds is 4. The molecule has 154 valence electrons. The first-order valence-corrected chi connectivity index (χ1v) is 10.4. The van der Waals surface area contributed by atoms with Crippen LogP contribution in [0.2, 0.25) is 0 Å². The molecule has 0 saturated carbocycles. The number of benzene rings is 1. The fourth-order valence-electron chi connectivity index (χ4n) is 5.33. The number of carbonyl (C=O) groups excluding carboxylic acids is 3. The van der Waals surface area contributed by atoms with Gasteiger partial charge in [-0.3, -0.25) is 14.4 Å². The summed E-state index contributed by atoms with van der Waals surface area (Å²) in [5.41, 5.74) is 1.77. The topological polar surface area (TPSA) is 81.8 Å². The Hall–Kier alpha value is -2.32. The van der Waals surface area contributed by atoms with Crippen LogP contribution in [0.1, 0.15) is 41.6 Å². The lowest BCUT2D eigenvalue weighted by atomic mass is 9.97. The fourth-order valence-corrected chi connectivity index (χ4v) is 5.33. The number of piperazine rings is 1. The Morgan fingerprint density at radius 1 is 1.14 bits per heavy atom. The van der Waals surface area contributed by atoms with E-state index in [2.05, 4.69) is 15.5 Å². The molecule has 1 amide bonds. The molecule has 3 saturated heterocycles. The predicted octanol–water partition coefficient (Wildman–Crippen LogP) is 0.611. The molecule has 1 aromatic carbocycles.